The highest BCUT2D eigenvalue weighted by molar-refractivity contribution is 8.14. The van der Waals surface area contributed by atoms with E-state index < -0.39 is 0 Å². The maximum atomic E-state index is 12.0. The van der Waals surface area contributed by atoms with E-state index in [1.165, 1.54) is 9.75 Å². The highest BCUT2D eigenvalue weighted by Crippen LogP contribution is 2.32. The van der Waals surface area contributed by atoms with Gasteiger partial charge in [0, 0.05) is 17.1 Å². The molecule has 4 nitrogen and oxygen atoms in total. The van der Waals surface area contributed by atoms with Gasteiger partial charge in [-0.25, -0.2) is 4.98 Å². The normalized spacial score (nSPS) is 14.2. The van der Waals surface area contributed by atoms with Gasteiger partial charge in [0.2, 0.25) is 5.91 Å². The first-order valence-corrected chi connectivity index (χ1v) is 9.38. The van der Waals surface area contributed by atoms with Crippen LogP contribution in [-0.2, 0) is 11.2 Å². The molecule has 0 spiro atoms. The highest BCUT2D eigenvalue weighted by Gasteiger charge is 2.15. The summed E-state index contributed by atoms with van der Waals surface area (Å²) in [6, 6.07) is 4.10. The molecule has 0 aliphatic carbocycles. The number of rotatable bonds is 4. The highest BCUT2D eigenvalue weighted by atomic mass is 32.2. The zero-order valence-electron chi connectivity index (χ0n) is 11.6. The second kappa shape index (κ2) is 6.72. The molecule has 0 fully saturated rings. The number of carbonyl (C=O) groups is 1. The number of amides is 1. The zero-order chi connectivity index (χ0) is 14.7. The van der Waals surface area contributed by atoms with Crippen molar-refractivity contribution >= 4 is 45.5 Å². The van der Waals surface area contributed by atoms with E-state index in [1.54, 1.807) is 34.4 Å². The van der Waals surface area contributed by atoms with E-state index in [0.717, 1.165) is 34.6 Å². The molecular weight excluding hydrogens is 322 g/mol. The third-order valence-corrected chi connectivity index (χ3v) is 5.77. The van der Waals surface area contributed by atoms with Crippen molar-refractivity contribution in [3.63, 3.8) is 0 Å². The molecule has 1 aliphatic rings. The van der Waals surface area contributed by atoms with E-state index in [9.17, 15) is 4.79 Å². The lowest BCUT2D eigenvalue weighted by Crippen LogP contribution is -2.27. The number of thiazole rings is 1. The third kappa shape index (κ3) is 3.72. The third-order valence-electron chi connectivity index (χ3n) is 2.97. The predicted molar refractivity (Wildman–Crippen MR) is 91.4 cm³/mol. The van der Waals surface area contributed by atoms with Crippen molar-refractivity contribution in [3.05, 3.63) is 27.4 Å². The molecule has 7 heteroatoms. The topological polar surface area (TPSA) is 54.4 Å². The smallest absolute Gasteiger partial charge is 0.226 e. The molecule has 1 aliphatic heterocycles. The summed E-state index contributed by atoms with van der Waals surface area (Å²) >= 11 is 4.97. The Morgan fingerprint density at radius 3 is 3.10 bits per heavy atom. The molecule has 2 aromatic rings. The van der Waals surface area contributed by atoms with Crippen LogP contribution >= 0.6 is 34.4 Å². The van der Waals surface area contributed by atoms with Crippen LogP contribution in [0.4, 0.5) is 0 Å². The lowest BCUT2D eigenvalue weighted by molar-refractivity contribution is -0.119. The first-order chi connectivity index (χ1) is 10.2. The number of aromatic nitrogens is 1. The van der Waals surface area contributed by atoms with Gasteiger partial charge in [-0.1, -0.05) is 17.8 Å². The van der Waals surface area contributed by atoms with Crippen LogP contribution in [0.5, 0.6) is 0 Å². The quantitative estimate of drug-likeness (QED) is 0.931. The van der Waals surface area contributed by atoms with Crippen molar-refractivity contribution in [2.75, 3.05) is 12.3 Å². The molecule has 2 aromatic heterocycles. The molecule has 110 valence electrons. The molecule has 0 bridgehead atoms. The number of hydrogen-bond donors (Lipinski definition) is 1. The average Bonchev–Trinajstić information content (AvgIpc) is 3.17. The first kappa shape index (κ1) is 14.7. The molecule has 0 radical (unpaired) electrons. The summed E-state index contributed by atoms with van der Waals surface area (Å²) in [7, 11) is 0. The van der Waals surface area contributed by atoms with Gasteiger partial charge in [0.05, 0.1) is 22.1 Å². The van der Waals surface area contributed by atoms with Crippen LogP contribution in [0.2, 0.25) is 0 Å². The van der Waals surface area contributed by atoms with E-state index >= 15 is 0 Å². The average molecular weight is 337 g/mol. The van der Waals surface area contributed by atoms with Crippen molar-refractivity contribution in [3.8, 4) is 10.6 Å². The Morgan fingerprint density at radius 1 is 1.48 bits per heavy atom. The molecule has 0 aromatic carbocycles. The minimum absolute atomic E-state index is 0.0336. The Bertz CT molecular complexity index is 661. The Balaban J connectivity index is 1.64. The van der Waals surface area contributed by atoms with Gasteiger partial charge in [0.25, 0.3) is 0 Å². The van der Waals surface area contributed by atoms with E-state index in [1.807, 2.05) is 13.0 Å². The van der Waals surface area contributed by atoms with E-state index in [-0.39, 0.29) is 5.91 Å². The van der Waals surface area contributed by atoms with Gasteiger partial charge in [0.15, 0.2) is 5.17 Å². The number of thioether (sulfide) groups is 1. The number of carbonyl (C=O) groups excluding carboxylic acids is 1. The van der Waals surface area contributed by atoms with Gasteiger partial charge in [-0.3, -0.25) is 9.79 Å². The molecule has 0 unspecified atom stereocenters. The van der Waals surface area contributed by atoms with Crippen LogP contribution in [0.15, 0.2) is 22.5 Å². The largest absolute Gasteiger partial charge is 0.305 e. The van der Waals surface area contributed by atoms with Gasteiger partial charge < -0.3 is 5.32 Å². The summed E-state index contributed by atoms with van der Waals surface area (Å²) in [5, 5.41) is 6.73. The Labute approximate surface area is 135 Å². The second-order valence-electron chi connectivity index (χ2n) is 4.57. The summed E-state index contributed by atoms with van der Waals surface area (Å²) < 4.78 is 0. The fraction of sp³-hybridized carbons (Fsp3) is 0.357. The summed E-state index contributed by atoms with van der Waals surface area (Å²) in [6.45, 7) is 2.81. The van der Waals surface area contributed by atoms with E-state index in [0.29, 0.717) is 6.42 Å². The summed E-state index contributed by atoms with van der Waals surface area (Å²) in [5.41, 5.74) is 1.04. The standard InChI is InChI=1S/C14H15N3OS3/c1-9-16-13(10-3-2-7-19-10)11(21-9)4-5-12(18)17-14-15-6-8-20-14/h2-3,7H,4-6,8H2,1H3,(H,15,17,18). The van der Waals surface area contributed by atoms with Crippen LogP contribution in [0.25, 0.3) is 10.6 Å². The summed E-state index contributed by atoms with van der Waals surface area (Å²) in [5.74, 6) is 0.998. The van der Waals surface area contributed by atoms with E-state index in [4.69, 9.17) is 0 Å². The fourth-order valence-corrected chi connectivity index (χ4v) is 4.56. The van der Waals surface area contributed by atoms with Gasteiger partial charge in [-0.05, 0) is 24.8 Å². The molecule has 0 saturated heterocycles. The minimum Gasteiger partial charge on any atom is -0.305 e. The molecule has 1 N–H and O–H groups in total. The summed E-state index contributed by atoms with van der Waals surface area (Å²) in [6.07, 6.45) is 1.20. The predicted octanol–water partition coefficient (Wildman–Crippen LogP) is 3.33. The SMILES string of the molecule is Cc1nc(-c2cccs2)c(CCC(=O)NC2=NCCS2)s1. The molecule has 0 atom stereocenters. The Kier molecular flexibility index (Phi) is 4.72. The van der Waals surface area contributed by atoms with Gasteiger partial charge >= 0.3 is 0 Å². The maximum absolute atomic E-state index is 12.0. The molecular formula is C14H15N3OS3. The zero-order valence-corrected chi connectivity index (χ0v) is 14.0. The second-order valence-corrected chi connectivity index (χ2v) is 7.88. The van der Waals surface area contributed by atoms with Crippen LogP contribution in [0.1, 0.15) is 16.3 Å². The van der Waals surface area contributed by atoms with Gasteiger partial charge in [0.1, 0.15) is 0 Å². The van der Waals surface area contributed by atoms with Crippen molar-refractivity contribution in [2.24, 2.45) is 4.99 Å². The number of thiophene rings is 1. The van der Waals surface area contributed by atoms with Crippen molar-refractivity contribution < 1.29 is 4.79 Å². The minimum atomic E-state index is 0.0336. The molecule has 21 heavy (non-hydrogen) atoms. The lowest BCUT2D eigenvalue weighted by Gasteiger charge is -2.03. The van der Waals surface area contributed by atoms with Crippen LogP contribution in [-0.4, -0.2) is 28.4 Å². The first-order valence-electron chi connectivity index (χ1n) is 6.69. The van der Waals surface area contributed by atoms with Crippen LogP contribution < -0.4 is 5.32 Å². The Hall–Kier alpha value is -1.18. The summed E-state index contributed by atoms with van der Waals surface area (Å²) in [4.78, 5) is 23.2. The molecule has 0 saturated carbocycles. The van der Waals surface area contributed by atoms with Gasteiger partial charge in [-0.15, -0.1) is 22.7 Å². The van der Waals surface area contributed by atoms with E-state index in [2.05, 4.69) is 26.7 Å². The van der Waals surface area contributed by atoms with Crippen molar-refractivity contribution in [1.29, 1.82) is 0 Å². The lowest BCUT2D eigenvalue weighted by atomic mass is 10.2. The number of hydrogen-bond acceptors (Lipinski definition) is 6. The number of amidine groups is 1. The number of nitrogens with one attached hydrogen (secondary N) is 1. The molecule has 3 heterocycles. The maximum Gasteiger partial charge on any atom is 0.226 e. The van der Waals surface area contributed by atoms with Crippen LogP contribution in [0.3, 0.4) is 0 Å². The fourth-order valence-electron chi connectivity index (χ4n) is 2.06. The monoisotopic (exact) mass is 337 g/mol. The number of aliphatic imine (C=N–C) groups is 1. The van der Waals surface area contributed by atoms with Crippen molar-refractivity contribution in [2.45, 2.75) is 19.8 Å². The van der Waals surface area contributed by atoms with Crippen LogP contribution in [0, 0.1) is 6.92 Å². The van der Waals surface area contributed by atoms with Gasteiger partial charge in [-0.2, -0.15) is 0 Å². The molecule has 1 amide bonds. The number of nitrogens with zero attached hydrogens (tertiary/aromatic N) is 2. The number of aryl methyl sites for hydroxylation is 2. The molecule has 3 rings (SSSR count). The van der Waals surface area contributed by atoms with Crippen molar-refractivity contribution in [1.82, 2.24) is 10.3 Å². The Morgan fingerprint density at radius 2 is 2.38 bits per heavy atom.